The third kappa shape index (κ3) is 1.44. The maximum absolute atomic E-state index is 13.4. The molecule has 3 heteroatoms. The molecule has 1 atom stereocenters. The second kappa shape index (κ2) is 3.24. The van der Waals surface area contributed by atoms with E-state index < -0.39 is 0 Å². The highest BCUT2D eigenvalue weighted by Gasteiger charge is 2.34. The predicted molar refractivity (Wildman–Crippen MR) is 58.7 cm³/mol. The highest BCUT2D eigenvalue weighted by atomic mass is 32.2. The molecule has 14 heavy (non-hydrogen) atoms. The summed E-state index contributed by atoms with van der Waals surface area (Å²) >= 11 is 1.72. The Bertz CT molecular complexity index is 362. The Hall–Kier alpha value is -0.540. The van der Waals surface area contributed by atoms with Gasteiger partial charge in [0.1, 0.15) is 5.82 Å². The van der Waals surface area contributed by atoms with Gasteiger partial charge in [-0.2, -0.15) is 0 Å². The van der Waals surface area contributed by atoms with Gasteiger partial charge in [0.25, 0.3) is 0 Å². The first-order valence-electron chi connectivity index (χ1n) is 4.69. The van der Waals surface area contributed by atoms with Crippen LogP contribution in [0.2, 0.25) is 0 Å². The fourth-order valence-corrected chi connectivity index (χ4v) is 2.87. The molecule has 1 unspecified atom stereocenters. The lowest BCUT2D eigenvalue weighted by molar-refractivity contribution is 0.537. The van der Waals surface area contributed by atoms with Gasteiger partial charge >= 0.3 is 0 Å². The minimum atomic E-state index is -0.124. The molecule has 0 saturated heterocycles. The van der Waals surface area contributed by atoms with Gasteiger partial charge in [0.05, 0.1) is 0 Å². The summed E-state index contributed by atoms with van der Waals surface area (Å²) < 4.78 is 13.4. The summed E-state index contributed by atoms with van der Waals surface area (Å²) in [4.78, 5) is 0. The maximum Gasteiger partial charge on any atom is 0.127 e. The van der Waals surface area contributed by atoms with E-state index in [1.165, 1.54) is 6.07 Å². The van der Waals surface area contributed by atoms with Crippen molar-refractivity contribution in [2.45, 2.75) is 30.4 Å². The van der Waals surface area contributed by atoms with Crippen LogP contribution in [-0.2, 0) is 5.75 Å². The lowest BCUT2D eigenvalue weighted by Crippen LogP contribution is -2.36. The molecule has 0 radical (unpaired) electrons. The molecule has 2 N–H and O–H groups in total. The monoisotopic (exact) mass is 211 g/mol. The average Bonchev–Trinajstić information content (AvgIpc) is 2.13. The van der Waals surface area contributed by atoms with Crippen molar-refractivity contribution >= 4 is 11.8 Å². The first-order chi connectivity index (χ1) is 6.52. The van der Waals surface area contributed by atoms with Gasteiger partial charge in [-0.25, -0.2) is 4.39 Å². The molecule has 0 saturated carbocycles. The van der Waals surface area contributed by atoms with Gasteiger partial charge in [0, 0.05) is 22.1 Å². The van der Waals surface area contributed by atoms with Crippen LogP contribution in [0.5, 0.6) is 0 Å². The van der Waals surface area contributed by atoms with Crippen LogP contribution >= 0.6 is 11.8 Å². The third-order valence-corrected chi connectivity index (χ3v) is 4.26. The van der Waals surface area contributed by atoms with Gasteiger partial charge in [-0.05, 0) is 25.5 Å². The maximum atomic E-state index is 13.4. The summed E-state index contributed by atoms with van der Waals surface area (Å²) in [7, 11) is 0. The van der Waals surface area contributed by atoms with Crippen LogP contribution in [0.25, 0.3) is 0 Å². The Morgan fingerprint density at radius 3 is 2.93 bits per heavy atom. The minimum Gasteiger partial charge on any atom is -0.323 e. The van der Waals surface area contributed by atoms with Crippen molar-refractivity contribution in [3.8, 4) is 0 Å². The molecule has 0 aromatic heterocycles. The Labute approximate surface area is 87.9 Å². The average molecular weight is 211 g/mol. The van der Waals surface area contributed by atoms with Crippen molar-refractivity contribution in [2.75, 3.05) is 0 Å². The molecule has 1 heterocycles. The molecule has 0 amide bonds. The van der Waals surface area contributed by atoms with Crippen molar-refractivity contribution in [3.05, 3.63) is 35.1 Å². The Morgan fingerprint density at radius 1 is 1.50 bits per heavy atom. The zero-order valence-corrected chi connectivity index (χ0v) is 9.20. The number of nitrogens with two attached hydrogens (primary N) is 1. The molecule has 1 aliphatic rings. The summed E-state index contributed by atoms with van der Waals surface area (Å²) in [5, 5.41) is 0. The molecule has 1 aliphatic heterocycles. The van der Waals surface area contributed by atoms with Crippen LogP contribution in [0.1, 0.15) is 31.0 Å². The number of rotatable bonds is 0. The van der Waals surface area contributed by atoms with Gasteiger partial charge < -0.3 is 5.73 Å². The Balaban J connectivity index is 2.51. The molecular weight excluding hydrogens is 197 g/mol. The number of benzene rings is 1. The largest absolute Gasteiger partial charge is 0.323 e. The molecule has 0 aliphatic carbocycles. The fourth-order valence-electron chi connectivity index (χ4n) is 1.74. The van der Waals surface area contributed by atoms with Crippen LogP contribution in [0.15, 0.2) is 18.2 Å². The molecule has 1 nitrogen and oxygen atoms in total. The van der Waals surface area contributed by atoms with Gasteiger partial charge in [-0.15, -0.1) is 11.8 Å². The van der Waals surface area contributed by atoms with E-state index in [0.29, 0.717) is 0 Å². The number of halogens is 1. The lowest BCUT2D eigenvalue weighted by Gasteiger charge is -2.37. The Kier molecular flexibility index (Phi) is 2.32. The summed E-state index contributed by atoms with van der Waals surface area (Å²) in [5.41, 5.74) is 7.85. The number of thioether (sulfide) groups is 1. The van der Waals surface area contributed by atoms with E-state index in [-0.39, 0.29) is 16.6 Å². The second-order valence-electron chi connectivity index (χ2n) is 4.18. The van der Waals surface area contributed by atoms with Crippen LogP contribution in [0.4, 0.5) is 4.39 Å². The topological polar surface area (TPSA) is 26.0 Å². The smallest absolute Gasteiger partial charge is 0.127 e. The normalized spacial score (nSPS) is 24.4. The van der Waals surface area contributed by atoms with Crippen molar-refractivity contribution in [3.63, 3.8) is 0 Å². The van der Waals surface area contributed by atoms with Crippen molar-refractivity contribution in [1.82, 2.24) is 0 Å². The zero-order valence-electron chi connectivity index (χ0n) is 8.38. The molecule has 2 rings (SSSR count). The SMILES string of the molecule is CC1(C)SCc2c(F)cccc2C1N. The van der Waals surface area contributed by atoms with E-state index in [4.69, 9.17) is 5.73 Å². The quantitative estimate of drug-likeness (QED) is 0.714. The first-order valence-corrected chi connectivity index (χ1v) is 5.68. The molecular formula is C11H14FNS. The summed E-state index contributed by atoms with van der Waals surface area (Å²) in [6.07, 6.45) is 0. The molecule has 0 spiro atoms. The standard InChI is InChI=1S/C11H14FNS/c1-11(2)10(13)7-4-3-5-9(12)8(7)6-14-11/h3-5,10H,6,13H2,1-2H3. The first kappa shape index (κ1) is 9.99. The van der Waals surface area contributed by atoms with E-state index in [0.717, 1.165) is 16.9 Å². The molecule has 0 fully saturated rings. The van der Waals surface area contributed by atoms with Gasteiger partial charge in [0.15, 0.2) is 0 Å². The summed E-state index contributed by atoms with van der Waals surface area (Å²) in [5.74, 6) is 0.601. The van der Waals surface area contributed by atoms with E-state index in [2.05, 4.69) is 13.8 Å². The molecule has 76 valence electrons. The third-order valence-electron chi connectivity index (χ3n) is 2.83. The van der Waals surface area contributed by atoms with Crippen LogP contribution in [-0.4, -0.2) is 4.75 Å². The highest BCUT2D eigenvalue weighted by molar-refractivity contribution is 7.99. The number of hydrogen-bond acceptors (Lipinski definition) is 2. The lowest BCUT2D eigenvalue weighted by atomic mass is 9.92. The molecule has 1 aromatic carbocycles. The van der Waals surface area contributed by atoms with E-state index in [1.807, 2.05) is 6.07 Å². The number of hydrogen-bond donors (Lipinski definition) is 1. The predicted octanol–water partition coefficient (Wildman–Crippen LogP) is 2.85. The van der Waals surface area contributed by atoms with E-state index in [9.17, 15) is 4.39 Å². The van der Waals surface area contributed by atoms with Crippen molar-refractivity contribution in [1.29, 1.82) is 0 Å². The van der Waals surface area contributed by atoms with Gasteiger partial charge in [-0.1, -0.05) is 12.1 Å². The second-order valence-corrected chi connectivity index (χ2v) is 5.81. The van der Waals surface area contributed by atoms with Gasteiger partial charge in [-0.3, -0.25) is 0 Å². The van der Waals surface area contributed by atoms with E-state index in [1.54, 1.807) is 17.8 Å². The van der Waals surface area contributed by atoms with Crippen LogP contribution in [0.3, 0.4) is 0 Å². The molecule has 0 bridgehead atoms. The van der Waals surface area contributed by atoms with E-state index >= 15 is 0 Å². The fraction of sp³-hybridized carbons (Fsp3) is 0.455. The minimum absolute atomic E-state index is 0.000787. The van der Waals surface area contributed by atoms with Crippen molar-refractivity contribution in [2.24, 2.45) is 5.73 Å². The molecule has 1 aromatic rings. The van der Waals surface area contributed by atoms with Crippen LogP contribution in [0, 0.1) is 5.82 Å². The highest BCUT2D eigenvalue weighted by Crippen LogP contribution is 2.44. The summed E-state index contributed by atoms with van der Waals surface area (Å²) in [6, 6.07) is 5.10. The van der Waals surface area contributed by atoms with Gasteiger partial charge in [0.2, 0.25) is 0 Å². The van der Waals surface area contributed by atoms with Crippen LogP contribution < -0.4 is 5.73 Å². The summed E-state index contributed by atoms with van der Waals surface area (Å²) in [6.45, 7) is 4.21. The van der Waals surface area contributed by atoms with Crippen molar-refractivity contribution < 1.29 is 4.39 Å². The number of fused-ring (bicyclic) bond motifs is 1. The zero-order chi connectivity index (χ0) is 10.3. The Morgan fingerprint density at radius 2 is 2.21 bits per heavy atom.